The molecule has 0 bridgehead atoms. The van der Waals surface area contributed by atoms with Crippen molar-refractivity contribution in [1.82, 2.24) is 0 Å². The van der Waals surface area contributed by atoms with Gasteiger partial charge in [-0.2, -0.15) is 0 Å². The summed E-state index contributed by atoms with van der Waals surface area (Å²) >= 11 is 0. The summed E-state index contributed by atoms with van der Waals surface area (Å²) in [5.41, 5.74) is 0. The second-order valence-corrected chi connectivity index (χ2v) is 25.4. The highest BCUT2D eigenvalue weighted by molar-refractivity contribution is 7.51. The summed E-state index contributed by atoms with van der Waals surface area (Å²) in [6.07, 6.45) is 22.5. The summed E-state index contributed by atoms with van der Waals surface area (Å²) in [4.78, 5) is 0. The van der Waals surface area contributed by atoms with Gasteiger partial charge in [-0.05, 0) is 0 Å². The molecule has 2 aromatic carbocycles. The van der Waals surface area contributed by atoms with E-state index >= 15 is 0 Å². The maximum absolute atomic E-state index is 2.61. The fourth-order valence-corrected chi connectivity index (χ4v) is 29.2. The lowest BCUT2D eigenvalue weighted by molar-refractivity contribution is 0.677. The van der Waals surface area contributed by atoms with Crippen molar-refractivity contribution in [3.63, 3.8) is 0 Å². The van der Waals surface area contributed by atoms with Gasteiger partial charge in [0.15, 0.2) is 0 Å². The molecule has 0 aliphatic carbocycles. The van der Waals surface area contributed by atoms with Crippen LogP contribution < -0.4 is 10.4 Å². The summed E-state index contributed by atoms with van der Waals surface area (Å²) in [7, 11) is -3.55. The summed E-state index contributed by atoms with van der Waals surface area (Å²) in [5, 5.41) is 3.66. The average Bonchev–Trinajstić information content (AvgIpc) is 2.97. The third kappa shape index (κ3) is 9.81. The smallest absolute Gasteiger partial charge is 0.0654 e. The van der Waals surface area contributed by atoms with Gasteiger partial charge in [0.05, 0.1) is 15.2 Å². The van der Waals surface area contributed by atoms with E-state index < -0.39 is 15.2 Å². The van der Waals surface area contributed by atoms with Crippen LogP contribution in [0.4, 0.5) is 0 Å². The molecule has 214 valence electrons. The zero-order valence-electron chi connectivity index (χ0n) is 25.9. The van der Waals surface area contributed by atoms with Crippen molar-refractivity contribution in [2.45, 2.75) is 155 Å². The van der Waals surface area contributed by atoms with Gasteiger partial charge >= 0.3 is 0 Å². The first-order chi connectivity index (χ1) is 18.7. The van der Waals surface area contributed by atoms with E-state index in [0.717, 1.165) is 0 Å². The Morgan fingerprint density at radius 3 is 0.842 bits per heavy atom. The first-order valence-electron chi connectivity index (χ1n) is 16.8. The molecule has 2 aromatic rings. The predicted molar refractivity (Wildman–Crippen MR) is 179 cm³/mol. The Balaban J connectivity index is 2.70. The van der Waals surface area contributed by atoms with E-state index in [4.69, 9.17) is 0 Å². The molecule has 0 amide bonds. The molecule has 0 aliphatic heterocycles. The topological polar surface area (TPSA) is 0 Å². The molecule has 0 radical (unpaired) electrons. The molecule has 38 heavy (non-hydrogen) atoms. The number of hydrogen-bond donors (Lipinski definition) is 0. The van der Waals surface area contributed by atoms with Crippen LogP contribution in [0.3, 0.4) is 0 Å². The van der Waals surface area contributed by atoms with E-state index in [0.29, 0.717) is 0 Å². The number of rotatable bonds is 23. The fourth-order valence-electron chi connectivity index (χ4n) is 7.27. The van der Waals surface area contributed by atoms with Crippen LogP contribution >= 0.6 is 0 Å². The Kier molecular flexibility index (Phi) is 17.3. The van der Waals surface area contributed by atoms with Crippen molar-refractivity contribution in [2.75, 3.05) is 0 Å². The van der Waals surface area contributed by atoms with Gasteiger partial charge in [0.25, 0.3) is 0 Å². The Morgan fingerprint density at radius 1 is 0.342 bits per heavy atom. The van der Waals surface area contributed by atoms with Crippen LogP contribution in [0.1, 0.15) is 130 Å². The molecule has 0 N–H and O–H groups in total. The molecule has 2 rings (SSSR count). The Morgan fingerprint density at radius 2 is 0.605 bits per heavy atom. The predicted octanol–water partition coefficient (Wildman–Crippen LogP) is 11.1. The van der Waals surface area contributed by atoms with Crippen LogP contribution in [0.15, 0.2) is 60.7 Å². The van der Waals surface area contributed by atoms with Crippen molar-refractivity contribution in [1.29, 1.82) is 0 Å². The lowest BCUT2D eigenvalue weighted by Gasteiger charge is -2.50. The fraction of sp³-hybridized carbons (Fsp3) is 0.667. The van der Waals surface area contributed by atoms with E-state index in [2.05, 4.69) is 88.4 Å². The maximum atomic E-state index is 2.61. The van der Waals surface area contributed by atoms with Gasteiger partial charge < -0.3 is 0 Å². The van der Waals surface area contributed by atoms with Gasteiger partial charge in [0.2, 0.25) is 0 Å². The summed E-state index contributed by atoms with van der Waals surface area (Å²) < 4.78 is 0. The standard InChI is InChI=1S/C36H62Si2/c1-5-9-13-23-31-37(32-24-14-10-6-2,35-27-19-17-20-28-35)38(33-25-15-11-7-3,34-26-16-12-8-4)36-29-21-18-22-30-36/h17-22,27-30H,5-16,23-26,31-34H2,1-4H3. The molecule has 0 nitrogen and oxygen atoms in total. The highest BCUT2D eigenvalue weighted by Crippen LogP contribution is 2.39. The minimum Gasteiger partial charge on any atom is -0.0654 e. The average molecular weight is 551 g/mol. The summed E-state index contributed by atoms with van der Waals surface area (Å²) in [6, 6.07) is 30.6. The van der Waals surface area contributed by atoms with Gasteiger partial charge in [0.1, 0.15) is 0 Å². The first-order valence-corrected chi connectivity index (χ1v) is 22.6. The van der Waals surface area contributed by atoms with Crippen LogP contribution in [0.25, 0.3) is 0 Å². The minimum atomic E-state index is -1.77. The van der Waals surface area contributed by atoms with Crippen molar-refractivity contribution < 1.29 is 0 Å². The van der Waals surface area contributed by atoms with Gasteiger partial charge in [-0.15, -0.1) is 0 Å². The van der Waals surface area contributed by atoms with E-state index in [-0.39, 0.29) is 0 Å². The molecule has 0 atom stereocenters. The third-order valence-corrected chi connectivity index (χ3v) is 29.2. The normalized spacial score (nSPS) is 12.2. The summed E-state index contributed by atoms with van der Waals surface area (Å²) in [5.74, 6) is 0. The van der Waals surface area contributed by atoms with Crippen LogP contribution in [0.2, 0.25) is 24.2 Å². The monoisotopic (exact) mass is 550 g/mol. The van der Waals surface area contributed by atoms with E-state index in [9.17, 15) is 0 Å². The van der Waals surface area contributed by atoms with E-state index in [1.807, 2.05) is 10.4 Å². The minimum absolute atomic E-state index is 1.34. The molecule has 0 aliphatic rings. The zero-order chi connectivity index (χ0) is 27.4. The van der Waals surface area contributed by atoms with Crippen LogP contribution in [-0.2, 0) is 0 Å². The van der Waals surface area contributed by atoms with Crippen LogP contribution in [-0.4, -0.2) is 15.2 Å². The molecule has 0 aromatic heterocycles. The second-order valence-electron chi connectivity index (χ2n) is 12.1. The van der Waals surface area contributed by atoms with Gasteiger partial charge in [-0.25, -0.2) is 0 Å². The lowest BCUT2D eigenvalue weighted by Crippen LogP contribution is -2.75. The second kappa shape index (κ2) is 19.9. The van der Waals surface area contributed by atoms with Gasteiger partial charge in [0, 0.05) is 0 Å². The molecular formula is C36H62Si2. The van der Waals surface area contributed by atoms with Gasteiger partial charge in [-0.3, -0.25) is 0 Å². The largest absolute Gasteiger partial charge is 0.0856 e. The molecule has 0 spiro atoms. The molecule has 0 unspecified atom stereocenters. The highest BCUT2D eigenvalue weighted by atomic mass is 29.3. The Bertz CT molecular complexity index is 707. The number of benzene rings is 2. The highest BCUT2D eigenvalue weighted by Gasteiger charge is 2.54. The van der Waals surface area contributed by atoms with Crippen molar-refractivity contribution in [3.8, 4) is 0 Å². The third-order valence-electron chi connectivity index (χ3n) is 9.40. The van der Waals surface area contributed by atoms with E-state index in [1.165, 1.54) is 127 Å². The molecule has 0 fully saturated rings. The molecule has 0 saturated carbocycles. The lowest BCUT2D eigenvalue weighted by atomic mass is 10.2. The van der Waals surface area contributed by atoms with Crippen LogP contribution in [0, 0.1) is 0 Å². The first kappa shape index (κ1) is 33.1. The molecule has 0 heterocycles. The van der Waals surface area contributed by atoms with Crippen molar-refractivity contribution in [2.24, 2.45) is 0 Å². The number of hydrogen-bond acceptors (Lipinski definition) is 0. The van der Waals surface area contributed by atoms with Crippen molar-refractivity contribution in [3.05, 3.63) is 60.7 Å². The zero-order valence-corrected chi connectivity index (χ0v) is 27.9. The SMILES string of the molecule is CCCCCC[Si](CCCCCC)(c1ccccc1)[Si](CCCCCC)(CCCCCC)c1ccccc1. The van der Waals surface area contributed by atoms with Crippen LogP contribution in [0.5, 0.6) is 0 Å². The Hall–Kier alpha value is -1.13. The van der Waals surface area contributed by atoms with Gasteiger partial charge in [-0.1, -0.05) is 226 Å². The molecule has 0 saturated heterocycles. The molecule has 2 heteroatoms. The Labute approximate surface area is 240 Å². The molecular weight excluding hydrogens is 489 g/mol. The van der Waals surface area contributed by atoms with Crippen molar-refractivity contribution >= 4 is 25.6 Å². The number of unbranched alkanes of at least 4 members (excludes halogenated alkanes) is 12. The maximum Gasteiger partial charge on any atom is 0.0856 e. The quantitative estimate of drug-likeness (QED) is 0.0953. The van der Waals surface area contributed by atoms with E-state index in [1.54, 1.807) is 0 Å². The summed E-state index contributed by atoms with van der Waals surface area (Å²) in [6.45, 7) is 9.49.